The Labute approximate surface area is 458 Å². The zero-order chi connectivity index (χ0) is 58.8. The van der Waals surface area contributed by atoms with Crippen LogP contribution < -0.4 is 49.1 Å². The smallest absolute Gasteiger partial charge is 0.328 e. The number of aromatic hydroxyl groups is 2. The molecule has 80 heavy (non-hydrogen) atoms. The van der Waals surface area contributed by atoms with Gasteiger partial charge in [-0.25, -0.2) is 9.78 Å². The SMILES string of the molecule is C[C@@H](O)[C@H](NC(=O)[C@H](Cc1ccc(O)cc1)NC(=O)[C@@H]1CCCN1C(=O)[C@@H]1CCCN1C(=O)[C@H](CO)NC(=O)[C@H](Cc1ccc(O)cc1)NC(=O)[C@H](Cc1cnc[nH]1)NC(=O)[C@H](CCC(N)=O)NC(=O)[C@@H](N)CCC(N)=O)C(=O)O. The van der Waals surface area contributed by atoms with Crippen LogP contribution in [0.15, 0.2) is 61.1 Å². The predicted octanol–water partition coefficient (Wildman–Crippen LogP) is -4.94. The molecule has 10 amide bonds. The largest absolute Gasteiger partial charge is 0.508 e. The lowest BCUT2D eigenvalue weighted by Gasteiger charge is -2.33. The highest BCUT2D eigenvalue weighted by Crippen LogP contribution is 2.26. The number of aliphatic hydroxyl groups is 2. The minimum absolute atomic E-state index is 0.0158. The zero-order valence-electron chi connectivity index (χ0n) is 43.7. The quantitative estimate of drug-likeness (QED) is 0.0310. The molecule has 3 aromatic rings. The summed E-state index contributed by atoms with van der Waals surface area (Å²) < 4.78 is 0. The standard InChI is InChI=1S/C51H69N13O16/c1-26(66)42(51(79)80)62-47(75)35(21-28-8-12-31(68)13-9-28)60-48(76)38-4-2-18-63(38)50(78)39-5-3-19-64(39)49(77)37(24-65)61-45(73)34(20-27-6-10-30(67)11-7-27)58-46(74)36(22-29-23-55-25-56-29)59-44(72)33(15-17-41(54)70)57-43(71)32(52)14-16-40(53)69/h6-13,23,25-26,32-39,42,65-68H,2-5,14-22,24,52H2,1H3,(H2,53,69)(H2,54,70)(H,55,56)(H,57,71)(H,58,74)(H,59,72)(H,60,76)(H,61,73)(H,62,75)(H,79,80)/t26-,32+,33+,34+,35+,36+,37+,38+,39+,42+/m1/s1. The van der Waals surface area contributed by atoms with Gasteiger partial charge in [-0.05, 0) is 80.8 Å². The van der Waals surface area contributed by atoms with Crippen molar-refractivity contribution in [3.63, 3.8) is 0 Å². The molecule has 0 saturated carbocycles. The van der Waals surface area contributed by atoms with Crippen LogP contribution in [0.1, 0.15) is 75.1 Å². The number of phenolic OH excluding ortho intramolecular Hbond substituents is 2. The monoisotopic (exact) mass is 1120 g/mol. The molecule has 10 atom stereocenters. The normalized spacial score (nSPS) is 17.9. The summed E-state index contributed by atoms with van der Waals surface area (Å²) in [7, 11) is 0. The third kappa shape index (κ3) is 17.9. The van der Waals surface area contributed by atoms with Crippen LogP contribution in [0, 0.1) is 0 Å². The van der Waals surface area contributed by atoms with Gasteiger partial charge in [0, 0.05) is 57.1 Å². The number of nitrogens with zero attached hydrogens (tertiary/aromatic N) is 3. The number of carboxylic acid groups (broad SMARTS) is 1. The first-order valence-corrected chi connectivity index (χ1v) is 25.8. The molecule has 0 radical (unpaired) electrons. The Balaban J connectivity index is 1.34. The number of hydrogen-bond donors (Lipinski definition) is 15. The van der Waals surface area contributed by atoms with E-state index in [-0.39, 0.29) is 76.0 Å². The zero-order valence-corrected chi connectivity index (χ0v) is 43.7. The Morgan fingerprint density at radius 1 is 0.637 bits per heavy atom. The van der Waals surface area contributed by atoms with Crippen LogP contribution in [-0.2, 0) is 72.0 Å². The molecule has 0 aliphatic carbocycles. The molecule has 3 heterocycles. The van der Waals surface area contributed by atoms with Crippen LogP contribution in [0.4, 0.5) is 0 Å². The average Bonchev–Trinajstić information content (AvgIpc) is 4.24. The molecular weight excluding hydrogens is 1050 g/mol. The van der Waals surface area contributed by atoms with Crippen molar-refractivity contribution in [2.24, 2.45) is 17.2 Å². The van der Waals surface area contributed by atoms with Crippen molar-refractivity contribution in [2.45, 2.75) is 138 Å². The number of H-pyrrole nitrogens is 1. The van der Waals surface area contributed by atoms with E-state index < -0.39 is 139 Å². The van der Waals surface area contributed by atoms with E-state index in [1.165, 1.54) is 66.0 Å². The number of carbonyl (C=O) groups is 11. The van der Waals surface area contributed by atoms with Crippen LogP contribution in [-0.4, -0.2) is 191 Å². The molecule has 18 N–H and O–H groups in total. The number of aromatic nitrogens is 2. The topological polar surface area (TPSA) is 474 Å². The van der Waals surface area contributed by atoms with E-state index in [1.54, 1.807) is 0 Å². The summed E-state index contributed by atoms with van der Waals surface area (Å²) in [4.78, 5) is 156. The predicted molar refractivity (Wildman–Crippen MR) is 278 cm³/mol. The van der Waals surface area contributed by atoms with Crippen LogP contribution in [0.5, 0.6) is 11.5 Å². The number of primary amides is 2. The van der Waals surface area contributed by atoms with Gasteiger partial charge in [0.15, 0.2) is 6.04 Å². The minimum Gasteiger partial charge on any atom is -0.508 e. The summed E-state index contributed by atoms with van der Waals surface area (Å²) in [6.07, 6.45) is 0.0513. The molecule has 2 saturated heterocycles. The number of aliphatic hydroxyl groups excluding tert-OH is 2. The van der Waals surface area contributed by atoms with E-state index in [9.17, 15) is 78.3 Å². The van der Waals surface area contributed by atoms with Gasteiger partial charge in [0.2, 0.25) is 59.1 Å². The van der Waals surface area contributed by atoms with E-state index in [1.807, 2.05) is 0 Å². The van der Waals surface area contributed by atoms with Gasteiger partial charge in [-0.1, -0.05) is 24.3 Å². The maximum absolute atomic E-state index is 14.4. The third-order valence-electron chi connectivity index (χ3n) is 13.5. The highest BCUT2D eigenvalue weighted by Gasteiger charge is 2.45. The first-order valence-electron chi connectivity index (χ1n) is 25.8. The van der Waals surface area contributed by atoms with Gasteiger partial charge in [0.1, 0.15) is 53.8 Å². The van der Waals surface area contributed by atoms with E-state index in [2.05, 4.69) is 41.9 Å². The van der Waals surface area contributed by atoms with Crippen molar-refractivity contribution in [2.75, 3.05) is 19.7 Å². The van der Waals surface area contributed by atoms with Gasteiger partial charge in [-0.2, -0.15) is 0 Å². The van der Waals surface area contributed by atoms with Gasteiger partial charge in [0.05, 0.1) is 25.1 Å². The molecule has 0 unspecified atom stereocenters. The highest BCUT2D eigenvalue weighted by atomic mass is 16.4. The number of imidazole rings is 1. The second-order valence-corrected chi connectivity index (χ2v) is 19.6. The Hall–Kier alpha value is -8.70. The number of carbonyl (C=O) groups excluding carboxylic acids is 10. The van der Waals surface area contributed by atoms with Gasteiger partial charge in [-0.15, -0.1) is 0 Å². The summed E-state index contributed by atoms with van der Waals surface area (Å²) in [5.41, 5.74) is 17.6. The number of phenols is 2. The van der Waals surface area contributed by atoms with Gasteiger partial charge < -0.3 is 89.4 Å². The average molecular weight is 1120 g/mol. The minimum atomic E-state index is -1.74. The van der Waals surface area contributed by atoms with E-state index >= 15 is 0 Å². The van der Waals surface area contributed by atoms with Gasteiger partial charge >= 0.3 is 5.97 Å². The van der Waals surface area contributed by atoms with Crippen molar-refractivity contribution < 1.29 is 78.3 Å². The van der Waals surface area contributed by atoms with Gasteiger partial charge in [0.25, 0.3) is 0 Å². The molecule has 0 spiro atoms. The highest BCUT2D eigenvalue weighted by molar-refractivity contribution is 5.99. The Morgan fingerprint density at radius 2 is 1.11 bits per heavy atom. The summed E-state index contributed by atoms with van der Waals surface area (Å²) >= 11 is 0. The van der Waals surface area contributed by atoms with Crippen LogP contribution >= 0.6 is 0 Å². The van der Waals surface area contributed by atoms with Crippen LogP contribution in [0.25, 0.3) is 0 Å². The maximum Gasteiger partial charge on any atom is 0.328 e. The van der Waals surface area contributed by atoms with E-state index in [0.717, 1.165) is 11.8 Å². The first kappa shape index (κ1) is 62.1. The maximum atomic E-state index is 14.4. The molecule has 2 aliphatic heterocycles. The first-order chi connectivity index (χ1) is 37.9. The third-order valence-corrected chi connectivity index (χ3v) is 13.5. The summed E-state index contributed by atoms with van der Waals surface area (Å²) in [5, 5.41) is 64.9. The Morgan fingerprint density at radius 3 is 1.62 bits per heavy atom. The van der Waals surface area contributed by atoms with Gasteiger partial charge in [-0.3, -0.25) is 47.9 Å². The summed E-state index contributed by atoms with van der Waals surface area (Å²) in [6, 6.07) is -1.98. The molecule has 29 heteroatoms. The fraction of sp³-hybridized carbons (Fsp3) is 0.490. The number of aromatic amines is 1. The number of aliphatic carboxylic acids is 1. The number of likely N-dealkylation sites (tertiary alicyclic amines) is 2. The second-order valence-electron chi connectivity index (χ2n) is 19.6. The van der Waals surface area contributed by atoms with Crippen molar-refractivity contribution in [3.8, 4) is 11.5 Å². The second kappa shape index (κ2) is 29.3. The number of carboxylic acids is 1. The lowest BCUT2D eigenvalue weighted by atomic mass is 10.0. The van der Waals surface area contributed by atoms with Crippen LogP contribution in [0.2, 0.25) is 0 Å². The molecule has 2 aromatic carbocycles. The van der Waals surface area contributed by atoms with Crippen molar-refractivity contribution in [3.05, 3.63) is 77.9 Å². The lowest BCUT2D eigenvalue weighted by Crippen LogP contribution is -2.61. The molecule has 2 fully saturated rings. The molecule has 0 bridgehead atoms. The number of hydrogen-bond acceptors (Lipinski definition) is 17. The molecule has 5 rings (SSSR count). The van der Waals surface area contributed by atoms with E-state index in [0.29, 0.717) is 29.7 Å². The Kier molecular flexibility index (Phi) is 22.8. The summed E-state index contributed by atoms with van der Waals surface area (Å²) in [6.45, 7) is 0.201. The van der Waals surface area contributed by atoms with Crippen LogP contribution in [0.3, 0.4) is 0 Å². The molecule has 1 aromatic heterocycles. The fourth-order valence-electron chi connectivity index (χ4n) is 9.14. The number of nitrogens with two attached hydrogens (primary N) is 3. The molecule has 29 nitrogen and oxygen atoms in total. The Bertz CT molecular complexity index is 2690. The summed E-state index contributed by atoms with van der Waals surface area (Å²) in [5.74, 6) is -10.5. The number of amides is 10. The molecular formula is C51H69N13O16. The van der Waals surface area contributed by atoms with E-state index in [4.69, 9.17) is 17.2 Å². The number of rotatable bonds is 29. The molecule has 2 aliphatic rings. The fourth-order valence-corrected chi connectivity index (χ4v) is 9.14. The van der Waals surface area contributed by atoms with Crippen molar-refractivity contribution in [1.82, 2.24) is 51.7 Å². The van der Waals surface area contributed by atoms with Crippen molar-refractivity contribution in [1.29, 1.82) is 0 Å². The lowest BCUT2D eigenvalue weighted by molar-refractivity contribution is -0.148. The van der Waals surface area contributed by atoms with Crippen molar-refractivity contribution >= 4 is 65.0 Å². The molecule has 434 valence electrons. The number of nitrogens with one attached hydrogen (secondary N) is 7. The number of benzene rings is 2.